The highest BCUT2D eigenvalue weighted by Crippen LogP contribution is 2.43. The van der Waals surface area contributed by atoms with E-state index in [1.54, 1.807) is 49.5 Å². The second-order valence-corrected chi connectivity index (χ2v) is 23.4. The van der Waals surface area contributed by atoms with Crippen molar-refractivity contribution in [2.75, 3.05) is 72.9 Å². The van der Waals surface area contributed by atoms with Crippen molar-refractivity contribution in [2.45, 2.75) is 123 Å². The first-order chi connectivity index (χ1) is 38.7. The fourth-order valence-electron chi connectivity index (χ4n) is 12.0. The number of nitrogens with two attached hydrogens (primary N) is 1. The van der Waals surface area contributed by atoms with Crippen molar-refractivity contribution in [3.8, 4) is 40.0 Å². The Bertz CT molecular complexity index is 3230. The topological polar surface area (TPSA) is 214 Å². The SMILES string of the molecule is CCn1c(-c2cc(C#CCN3CCC(=O)N(C)CC3)cnc2C(C)OC)c2c3cc(ccc31)-c1cc(O)cc(c1)CC(NC(=O)C(C(C)C)N(C)C(=O)C1OCCC1c1ccc(N)cc1)C(=O)N1CCCC(N1)C(=O)OCC(C)(C)C2. The number of aromatic hydroxyl groups is 1. The standard InChI is InChI=1S/C63H79N9O9/c1-10-71-53-20-17-43-34-48(53)50(57(71)49-31-40(36-65-55(49)39(4)79-9)13-11-23-70-25-21-54(74)68(7)26-27-70)35-63(5,6)37-81-62(78)51-14-12-24-72(67-51)60(76)52(32-41-29-44(43)33-46(73)30-41)66-59(75)56(38(2)3)69(8)61(77)58-47(22-28-80-58)42-15-18-45(64)19-16-42/h15-20,29-31,33-34,36,38-39,47,51-52,56,58,67,73H,10,12,14,21-28,32,35,37,64H2,1-9H3,(H,66,75). The van der Waals surface area contributed by atoms with E-state index in [1.165, 1.54) is 9.91 Å². The number of carbonyl (C=O) groups excluding carboxylic acids is 5. The van der Waals surface area contributed by atoms with Crippen LogP contribution in [0.5, 0.6) is 5.75 Å². The van der Waals surface area contributed by atoms with Gasteiger partial charge in [0.15, 0.2) is 0 Å². The quantitative estimate of drug-likeness (QED) is 0.0624. The maximum atomic E-state index is 15.0. The predicted octanol–water partition coefficient (Wildman–Crippen LogP) is 6.61. The maximum Gasteiger partial charge on any atom is 0.324 e. The summed E-state index contributed by atoms with van der Waals surface area (Å²) in [6.07, 6.45) is 2.98. The third-order valence-corrected chi connectivity index (χ3v) is 16.5. The molecule has 5 N–H and O–H groups in total. The van der Waals surface area contributed by atoms with Gasteiger partial charge in [-0.05, 0) is 116 Å². The third-order valence-electron chi connectivity index (χ3n) is 16.5. The molecule has 0 radical (unpaired) electrons. The number of phenolic OH excluding ortho intramolecular Hbond substituents is 1. The molecule has 6 atom stereocenters. The molecular formula is C63H79N9O9. The summed E-state index contributed by atoms with van der Waals surface area (Å²) in [5, 5.41) is 16.9. The van der Waals surface area contributed by atoms with E-state index in [0.29, 0.717) is 81.7 Å². The second-order valence-electron chi connectivity index (χ2n) is 23.4. The molecule has 3 fully saturated rings. The Morgan fingerprint density at radius 2 is 1.78 bits per heavy atom. The van der Waals surface area contributed by atoms with Gasteiger partial charge in [-0.15, -0.1) is 0 Å². The molecule has 0 aliphatic carbocycles. The number of cyclic esters (lactones) is 1. The Balaban J connectivity index is 1.10. The van der Waals surface area contributed by atoms with Gasteiger partial charge in [-0.25, -0.2) is 5.43 Å². The first-order valence-corrected chi connectivity index (χ1v) is 28.5. The zero-order valence-corrected chi connectivity index (χ0v) is 48.3. The molecule has 4 aliphatic rings. The van der Waals surface area contributed by atoms with Crippen LogP contribution in [0, 0.1) is 23.2 Å². The molecule has 6 heterocycles. The van der Waals surface area contributed by atoms with E-state index in [-0.39, 0.29) is 55.1 Å². The fourth-order valence-corrected chi connectivity index (χ4v) is 12.0. The number of nitrogens with zero attached hydrogens (tertiary/aromatic N) is 6. The van der Waals surface area contributed by atoms with Gasteiger partial charge in [0, 0.05) is 119 Å². The average Bonchev–Trinajstić information content (AvgIpc) is 4.26. The molecule has 18 heteroatoms. The molecule has 5 aromatic rings. The van der Waals surface area contributed by atoms with Gasteiger partial charge >= 0.3 is 5.97 Å². The Hall–Kier alpha value is -7.30. The monoisotopic (exact) mass is 1110 g/mol. The molecule has 2 aromatic heterocycles. The van der Waals surface area contributed by atoms with E-state index in [1.807, 2.05) is 52.1 Å². The number of rotatable bonds is 11. The van der Waals surface area contributed by atoms with Crippen LogP contribution >= 0.6 is 0 Å². The number of amides is 4. The molecular weight excluding hydrogens is 1030 g/mol. The van der Waals surface area contributed by atoms with Crippen molar-refractivity contribution in [3.05, 3.63) is 101 Å². The summed E-state index contributed by atoms with van der Waals surface area (Å²) in [5.41, 5.74) is 17.3. The first-order valence-electron chi connectivity index (χ1n) is 28.5. The number of pyridine rings is 1. The molecule has 9 rings (SSSR count). The number of ether oxygens (including phenoxy) is 3. The van der Waals surface area contributed by atoms with E-state index >= 15 is 0 Å². The van der Waals surface area contributed by atoms with E-state index < -0.39 is 47.4 Å². The van der Waals surface area contributed by atoms with Crippen LogP contribution < -0.4 is 16.5 Å². The summed E-state index contributed by atoms with van der Waals surface area (Å²) in [7, 11) is 5.09. The smallest absolute Gasteiger partial charge is 0.324 e. The molecule has 4 amide bonds. The number of aromatic nitrogens is 2. The van der Waals surface area contributed by atoms with Crippen molar-refractivity contribution >= 4 is 46.2 Å². The number of esters is 1. The van der Waals surface area contributed by atoms with Gasteiger partial charge in [-0.2, -0.15) is 0 Å². The number of phenols is 1. The van der Waals surface area contributed by atoms with Crippen molar-refractivity contribution < 1.29 is 43.3 Å². The highest BCUT2D eigenvalue weighted by Gasteiger charge is 2.42. The van der Waals surface area contributed by atoms with Crippen LogP contribution in [-0.4, -0.2) is 155 Å². The number of nitrogens with one attached hydrogen (secondary N) is 2. The van der Waals surface area contributed by atoms with Gasteiger partial charge in [-0.3, -0.25) is 38.9 Å². The summed E-state index contributed by atoms with van der Waals surface area (Å²) < 4.78 is 20.5. The lowest BCUT2D eigenvalue weighted by atomic mass is 9.84. The molecule has 430 valence electrons. The summed E-state index contributed by atoms with van der Waals surface area (Å²) in [6.45, 7) is 15.7. The minimum absolute atomic E-state index is 0.0296. The molecule has 0 spiro atoms. The van der Waals surface area contributed by atoms with Crippen LogP contribution in [0.1, 0.15) is 107 Å². The number of likely N-dealkylation sites (N-methyl/N-ethyl adjacent to an activating group) is 2. The van der Waals surface area contributed by atoms with Crippen molar-refractivity contribution in [1.82, 2.24) is 40.0 Å². The Morgan fingerprint density at radius 3 is 2.52 bits per heavy atom. The summed E-state index contributed by atoms with van der Waals surface area (Å²) in [6, 6.07) is 17.9. The molecule has 6 bridgehead atoms. The third kappa shape index (κ3) is 12.9. The number of anilines is 1. The minimum Gasteiger partial charge on any atom is -0.508 e. The number of aryl methyl sites for hydroxylation is 1. The summed E-state index contributed by atoms with van der Waals surface area (Å²) in [4.78, 5) is 81.3. The van der Waals surface area contributed by atoms with Crippen LogP contribution in [0.15, 0.2) is 72.9 Å². The number of benzene rings is 3. The number of fused-ring (bicyclic) bond motifs is 6. The minimum atomic E-state index is -1.20. The van der Waals surface area contributed by atoms with Gasteiger partial charge in [-0.1, -0.05) is 63.8 Å². The Labute approximate surface area is 475 Å². The second kappa shape index (κ2) is 24.8. The summed E-state index contributed by atoms with van der Waals surface area (Å²) in [5.74, 6) is 4.34. The lowest BCUT2D eigenvalue weighted by Crippen LogP contribution is -2.62. The van der Waals surface area contributed by atoms with Crippen molar-refractivity contribution in [2.24, 2.45) is 11.3 Å². The molecule has 6 unspecified atom stereocenters. The number of methoxy groups -OCH3 is 1. The normalized spacial score (nSPS) is 21.6. The van der Waals surface area contributed by atoms with E-state index in [0.717, 1.165) is 56.7 Å². The van der Waals surface area contributed by atoms with Crippen LogP contribution in [0.4, 0.5) is 5.69 Å². The molecule has 4 aliphatic heterocycles. The van der Waals surface area contributed by atoms with Crippen LogP contribution in [0.25, 0.3) is 33.3 Å². The van der Waals surface area contributed by atoms with Gasteiger partial charge in [0.25, 0.3) is 11.8 Å². The number of nitrogen functional groups attached to an aromatic ring is 1. The molecule has 81 heavy (non-hydrogen) atoms. The van der Waals surface area contributed by atoms with Crippen LogP contribution in [-0.2, 0) is 57.6 Å². The van der Waals surface area contributed by atoms with Gasteiger partial charge < -0.3 is 44.7 Å². The number of hydrogen-bond acceptors (Lipinski definition) is 13. The van der Waals surface area contributed by atoms with Gasteiger partial charge in [0.05, 0.1) is 30.6 Å². The van der Waals surface area contributed by atoms with Crippen LogP contribution in [0.3, 0.4) is 0 Å². The molecule has 3 aromatic carbocycles. The zero-order valence-electron chi connectivity index (χ0n) is 48.3. The molecule has 3 saturated heterocycles. The zero-order chi connectivity index (χ0) is 57.9. The maximum absolute atomic E-state index is 15.0. The Kier molecular flexibility index (Phi) is 17.9. The lowest BCUT2D eigenvalue weighted by molar-refractivity contribution is -0.155. The average molecular weight is 1110 g/mol. The largest absolute Gasteiger partial charge is 0.508 e. The van der Waals surface area contributed by atoms with Crippen molar-refractivity contribution in [3.63, 3.8) is 0 Å². The highest BCUT2D eigenvalue weighted by molar-refractivity contribution is 5.96. The number of carbonyl (C=O) groups is 5. The highest BCUT2D eigenvalue weighted by atomic mass is 16.5. The van der Waals surface area contributed by atoms with E-state index in [4.69, 9.17) is 24.9 Å². The van der Waals surface area contributed by atoms with Crippen LogP contribution in [0.2, 0.25) is 0 Å². The molecule has 18 nitrogen and oxygen atoms in total. The predicted molar refractivity (Wildman–Crippen MR) is 310 cm³/mol. The first kappa shape index (κ1) is 58.4. The summed E-state index contributed by atoms with van der Waals surface area (Å²) >= 11 is 0. The van der Waals surface area contributed by atoms with Gasteiger partial charge in [0.1, 0.15) is 30.0 Å². The van der Waals surface area contributed by atoms with E-state index in [2.05, 4.69) is 71.0 Å². The van der Waals surface area contributed by atoms with Crippen molar-refractivity contribution in [1.29, 1.82) is 0 Å². The van der Waals surface area contributed by atoms with Gasteiger partial charge in [0.2, 0.25) is 11.8 Å². The van der Waals surface area contributed by atoms with E-state index in [9.17, 15) is 29.1 Å². The Morgan fingerprint density at radius 1 is 1.00 bits per heavy atom. The number of hydrogen-bond donors (Lipinski definition) is 4. The lowest BCUT2D eigenvalue weighted by Gasteiger charge is -2.37. The fraction of sp³-hybridized carbons (Fsp3) is 0.492. The molecule has 0 saturated carbocycles. The number of hydrazine groups is 1.